The Morgan fingerprint density at radius 3 is 2.41 bits per heavy atom. The molecule has 29 heavy (non-hydrogen) atoms. The third-order valence-corrected chi connectivity index (χ3v) is 7.84. The Labute approximate surface area is 178 Å². The largest absolute Gasteiger partial charge is 0.388 e. The van der Waals surface area contributed by atoms with Crippen molar-refractivity contribution in [3.05, 3.63) is 0 Å². The van der Waals surface area contributed by atoms with Crippen LogP contribution in [0.1, 0.15) is 52.4 Å². The average molecular weight is 431 g/mol. The molecule has 3 aliphatic rings. The van der Waals surface area contributed by atoms with Crippen molar-refractivity contribution < 1.29 is 24.9 Å². The number of carbonyl (C=O) groups is 1. The lowest BCUT2D eigenvalue weighted by Gasteiger charge is -2.45. The molecule has 0 unspecified atom stereocenters. The Kier molecular flexibility index (Phi) is 8.26. The van der Waals surface area contributed by atoms with Crippen LogP contribution in [0.3, 0.4) is 0 Å². The Bertz CT molecular complexity index is 545. The fraction of sp³-hybridized carbons (Fsp3) is 0.952. The molecule has 1 amide bonds. The summed E-state index contributed by atoms with van der Waals surface area (Å²) >= 11 is 1.28. The summed E-state index contributed by atoms with van der Waals surface area (Å²) in [5, 5.41) is 37.1. The number of rotatable bonds is 9. The Hall–Kier alpha value is -0.380. The molecule has 2 heterocycles. The maximum absolute atomic E-state index is 12.9. The van der Waals surface area contributed by atoms with Gasteiger partial charge >= 0.3 is 0 Å². The van der Waals surface area contributed by atoms with Crippen molar-refractivity contribution in [2.75, 3.05) is 12.8 Å². The van der Waals surface area contributed by atoms with E-state index in [1.807, 2.05) is 13.8 Å². The molecule has 1 aliphatic carbocycles. The summed E-state index contributed by atoms with van der Waals surface area (Å²) in [5.41, 5.74) is -0.641. The van der Waals surface area contributed by atoms with Gasteiger partial charge in [0.1, 0.15) is 29.9 Å². The highest BCUT2D eigenvalue weighted by atomic mass is 32.2. The number of hydrogen-bond donors (Lipinski definition) is 5. The van der Waals surface area contributed by atoms with Crippen molar-refractivity contribution in [3.63, 3.8) is 0 Å². The van der Waals surface area contributed by atoms with E-state index >= 15 is 0 Å². The number of carbonyl (C=O) groups excluding carboxylic acids is 1. The molecular weight excluding hydrogens is 392 g/mol. The molecule has 0 bridgehead atoms. The highest BCUT2D eigenvalue weighted by Gasteiger charge is 2.48. The summed E-state index contributed by atoms with van der Waals surface area (Å²) in [5.74, 6) is 1.18. The zero-order valence-electron chi connectivity index (χ0n) is 17.8. The van der Waals surface area contributed by atoms with Crippen molar-refractivity contribution in [1.29, 1.82) is 0 Å². The summed E-state index contributed by atoms with van der Waals surface area (Å²) in [6, 6.07) is -0.655. The molecule has 2 aliphatic heterocycles. The van der Waals surface area contributed by atoms with Gasteiger partial charge < -0.3 is 30.7 Å². The fourth-order valence-corrected chi connectivity index (χ4v) is 5.35. The molecule has 0 aromatic carbocycles. The third kappa shape index (κ3) is 5.28. The summed E-state index contributed by atoms with van der Waals surface area (Å²) in [4.78, 5) is 12.9. The quantitative estimate of drug-likeness (QED) is 0.369. The predicted octanol–water partition coefficient (Wildman–Crippen LogP) is 0.856. The molecule has 8 heteroatoms. The van der Waals surface area contributed by atoms with Crippen LogP contribution < -0.4 is 10.6 Å². The second-order valence-electron chi connectivity index (χ2n) is 9.33. The Morgan fingerprint density at radius 2 is 1.90 bits per heavy atom. The second-order valence-corrected chi connectivity index (χ2v) is 10.3. The van der Waals surface area contributed by atoms with Gasteiger partial charge in [-0.15, -0.1) is 11.8 Å². The van der Waals surface area contributed by atoms with Gasteiger partial charge in [0.2, 0.25) is 5.91 Å². The zero-order chi connectivity index (χ0) is 21.1. The highest BCUT2D eigenvalue weighted by Crippen LogP contribution is 2.33. The van der Waals surface area contributed by atoms with Crippen LogP contribution in [0.4, 0.5) is 0 Å². The maximum atomic E-state index is 12.9. The minimum absolute atomic E-state index is 0.000641. The molecule has 0 spiro atoms. The lowest BCUT2D eigenvalue weighted by molar-refractivity contribution is -0.208. The number of ether oxygens (including phenoxy) is 1. The van der Waals surface area contributed by atoms with Crippen LogP contribution in [0.15, 0.2) is 0 Å². The van der Waals surface area contributed by atoms with Crippen molar-refractivity contribution in [2.45, 2.75) is 94.3 Å². The standard InChI is InChI=1S/C21H38N2O5S/c1-11(2)14(19-17(25)16(24)18(26)21(28-19)29-3)23-20(27)15-13(10-22-15)9-5-8-12-6-4-7-12/h11-19,21-22,24-26H,4-10H2,1-3H3,(H,23,27)/t13-,14+,15-,16-,17+,18+,19+,21+/m0/s1. The molecule has 2 saturated heterocycles. The number of amides is 1. The minimum atomic E-state index is -1.30. The van der Waals surface area contributed by atoms with E-state index in [2.05, 4.69) is 10.6 Å². The lowest BCUT2D eigenvalue weighted by atomic mass is 9.79. The van der Waals surface area contributed by atoms with Crippen LogP contribution in [0, 0.1) is 17.8 Å². The van der Waals surface area contributed by atoms with Crippen molar-refractivity contribution in [2.24, 2.45) is 17.8 Å². The first-order chi connectivity index (χ1) is 13.8. The van der Waals surface area contributed by atoms with Gasteiger partial charge in [-0.1, -0.05) is 46.0 Å². The van der Waals surface area contributed by atoms with Gasteiger partial charge in [-0.05, 0) is 30.4 Å². The van der Waals surface area contributed by atoms with Gasteiger partial charge in [0.05, 0.1) is 12.1 Å². The van der Waals surface area contributed by atoms with Crippen LogP contribution in [-0.2, 0) is 9.53 Å². The van der Waals surface area contributed by atoms with E-state index in [1.165, 1.54) is 43.9 Å². The Morgan fingerprint density at radius 1 is 1.17 bits per heavy atom. The molecule has 3 fully saturated rings. The molecular formula is C21H38N2O5S. The van der Waals surface area contributed by atoms with Gasteiger partial charge in [-0.2, -0.15) is 0 Å². The second kappa shape index (κ2) is 10.3. The number of aliphatic hydroxyl groups excluding tert-OH is 3. The van der Waals surface area contributed by atoms with Crippen LogP contribution >= 0.6 is 11.8 Å². The minimum Gasteiger partial charge on any atom is -0.388 e. The molecule has 0 radical (unpaired) electrons. The summed E-state index contributed by atoms with van der Waals surface area (Å²) < 4.78 is 5.89. The molecule has 168 valence electrons. The first-order valence-electron chi connectivity index (χ1n) is 11.1. The van der Waals surface area contributed by atoms with E-state index in [-0.39, 0.29) is 17.9 Å². The normalized spacial score (nSPS) is 38.9. The van der Waals surface area contributed by atoms with Crippen molar-refractivity contribution in [3.8, 4) is 0 Å². The van der Waals surface area contributed by atoms with Crippen molar-refractivity contribution in [1.82, 2.24) is 10.6 Å². The van der Waals surface area contributed by atoms with Gasteiger partial charge in [-0.25, -0.2) is 0 Å². The first kappa shape index (κ1) is 23.3. The van der Waals surface area contributed by atoms with Crippen LogP contribution in [0.25, 0.3) is 0 Å². The highest BCUT2D eigenvalue weighted by molar-refractivity contribution is 7.99. The number of nitrogens with one attached hydrogen (secondary N) is 2. The fourth-order valence-electron chi connectivity index (χ4n) is 4.68. The van der Waals surface area contributed by atoms with Crippen LogP contribution in [-0.4, -0.2) is 76.0 Å². The molecule has 5 N–H and O–H groups in total. The predicted molar refractivity (Wildman–Crippen MR) is 113 cm³/mol. The van der Waals surface area contributed by atoms with Gasteiger partial charge in [0, 0.05) is 6.54 Å². The van der Waals surface area contributed by atoms with Gasteiger partial charge in [0.25, 0.3) is 0 Å². The number of aliphatic hydroxyl groups is 3. The SMILES string of the molecule is CS[C@H]1O[C@H]([C@H](NC(=O)[C@H]2NC[C@@H]2CCCC2CCC2)C(C)C)[C@H](O)[C@H](O)[C@H]1O. The van der Waals surface area contributed by atoms with E-state index < -0.39 is 35.9 Å². The molecule has 8 atom stereocenters. The molecule has 1 saturated carbocycles. The monoisotopic (exact) mass is 430 g/mol. The summed E-state index contributed by atoms with van der Waals surface area (Å²) in [7, 11) is 0. The lowest BCUT2D eigenvalue weighted by Crippen LogP contribution is -2.67. The van der Waals surface area contributed by atoms with Crippen LogP contribution in [0.2, 0.25) is 0 Å². The Balaban J connectivity index is 1.55. The number of thioether (sulfide) groups is 1. The molecule has 7 nitrogen and oxygen atoms in total. The molecule has 0 aromatic rings. The van der Waals surface area contributed by atoms with Gasteiger partial charge in [-0.3, -0.25) is 4.79 Å². The third-order valence-electron chi connectivity index (χ3n) is 6.99. The zero-order valence-corrected chi connectivity index (χ0v) is 18.6. The van der Waals surface area contributed by atoms with Crippen LogP contribution in [0.5, 0.6) is 0 Å². The summed E-state index contributed by atoms with van der Waals surface area (Å²) in [6.07, 6.45) is 4.92. The van der Waals surface area contributed by atoms with E-state index in [1.54, 1.807) is 6.26 Å². The van der Waals surface area contributed by atoms with Crippen molar-refractivity contribution >= 4 is 17.7 Å². The van der Waals surface area contributed by atoms with E-state index in [9.17, 15) is 20.1 Å². The molecule has 0 aromatic heterocycles. The van der Waals surface area contributed by atoms with E-state index in [0.717, 1.165) is 18.9 Å². The topological polar surface area (TPSA) is 111 Å². The van der Waals surface area contributed by atoms with E-state index in [0.29, 0.717) is 5.92 Å². The smallest absolute Gasteiger partial charge is 0.237 e. The van der Waals surface area contributed by atoms with Gasteiger partial charge in [0.15, 0.2) is 0 Å². The maximum Gasteiger partial charge on any atom is 0.237 e. The molecule has 3 rings (SSSR count). The summed E-state index contributed by atoms with van der Waals surface area (Å²) in [6.45, 7) is 4.78. The van der Waals surface area contributed by atoms with E-state index in [4.69, 9.17) is 4.74 Å². The average Bonchev–Trinajstić information content (AvgIpc) is 2.62. The number of hydrogen-bond acceptors (Lipinski definition) is 7. The first-order valence-corrected chi connectivity index (χ1v) is 12.4.